The zero-order valence-electron chi connectivity index (χ0n) is 13.9. The minimum absolute atomic E-state index is 0.615. The van der Waals surface area contributed by atoms with Crippen molar-refractivity contribution >= 4 is 5.91 Å². The van der Waals surface area contributed by atoms with Gasteiger partial charge in [-0.15, -0.1) is 0 Å². The molecule has 0 radical (unpaired) electrons. The van der Waals surface area contributed by atoms with E-state index in [1.807, 2.05) is 0 Å². The summed E-state index contributed by atoms with van der Waals surface area (Å²) >= 11 is 0. The lowest BCUT2D eigenvalue weighted by molar-refractivity contribution is -0.318. The number of carbonyl (C=O) groups is 1. The Hall–Kier alpha value is -0.930. The first-order valence-corrected chi connectivity index (χ1v) is 8.00. The van der Waals surface area contributed by atoms with E-state index < -0.39 is 79.8 Å². The van der Waals surface area contributed by atoms with Crippen molar-refractivity contribution in [2.24, 2.45) is 0 Å². The third-order valence-corrected chi connectivity index (χ3v) is 4.78. The van der Waals surface area contributed by atoms with Crippen LogP contribution in [0.5, 0.6) is 0 Å². The molecule has 2 rings (SSSR count). The van der Waals surface area contributed by atoms with E-state index in [1.54, 1.807) is 0 Å². The Labute approximate surface area is 148 Å². The summed E-state index contributed by atoms with van der Waals surface area (Å²) in [5.74, 6) is -0.615. The predicted molar refractivity (Wildman–Crippen MR) is 80.3 cm³/mol. The third kappa shape index (κ3) is 3.71. The fraction of sp³-hybridized carbons (Fsp3) is 0.929. The lowest BCUT2D eigenvalue weighted by atomic mass is 9.78. The number of carbonyl (C=O) groups excluding carboxylic acids is 1. The Balaban J connectivity index is 2.18. The molecule has 0 aromatic rings. The minimum atomic E-state index is -2.53. The van der Waals surface area contributed by atoms with Crippen LogP contribution in [0, 0.1) is 0 Å². The fourth-order valence-corrected chi connectivity index (χ4v) is 3.18. The fourth-order valence-electron chi connectivity index (χ4n) is 3.18. The second kappa shape index (κ2) is 7.98. The van der Waals surface area contributed by atoms with Gasteiger partial charge in [0, 0.05) is 6.92 Å². The van der Waals surface area contributed by atoms with E-state index in [0.717, 1.165) is 6.92 Å². The van der Waals surface area contributed by atoms with Crippen LogP contribution in [0.4, 0.5) is 0 Å². The molecule has 12 heteroatoms. The Morgan fingerprint density at radius 3 is 2.35 bits per heavy atom. The zero-order valence-corrected chi connectivity index (χ0v) is 13.9. The maximum atomic E-state index is 11.1. The molecule has 2 aliphatic rings. The molecule has 0 spiro atoms. The van der Waals surface area contributed by atoms with Gasteiger partial charge in [0.05, 0.1) is 13.2 Å². The highest BCUT2D eigenvalue weighted by molar-refractivity contribution is 5.73. The van der Waals surface area contributed by atoms with Gasteiger partial charge in [0.2, 0.25) is 5.91 Å². The minimum Gasteiger partial charge on any atom is -0.394 e. The van der Waals surface area contributed by atoms with Gasteiger partial charge < -0.3 is 55.6 Å². The average Bonchev–Trinajstić information content (AvgIpc) is 2.59. The lowest BCUT2D eigenvalue weighted by Crippen LogP contribution is -2.73. The molecule has 26 heavy (non-hydrogen) atoms. The van der Waals surface area contributed by atoms with E-state index >= 15 is 0 Å². The van der Waals surface area contributed by atoms with E-state index in [2.05, 4.69) is 5.32 Å². The summed E-state index contributed by atoms with van der Waals surface area (Å²) < 4.78 is 10.0. The van der Waals surface area contributed by atoms with Crippen molar-refractivity contribution in [2.75, 3.05) is 13.2 Å². The van der Waals surface area contributed by atoms with Gasteiger partial charge in [-0.3, -0.25) is 4.79 Å². The number of nitrogens with one attached hydrogen (secondary N) is 1. The summed E-state index contributed by atoms with van der Waals surface area (Å²) in [6, 6.07) is -1.39. The van der Waals surface area contributed by atoms with Crippen molar-refractivity contribution in [2.45, 2.75) is 67.6 Å². The van der Waals surface area contributed by atoms with E-state index in [0.29, 0.717) is 0 Å². The molecular weight excluding hydrogens is 358 g/mol. The molecule has 0 aromatic carbocycles. The molecule has 152 valence electrons. The molecular formula is C14H25NO11. The lowest BCUT2D eigenvalue weighted by Gasteiger charge is -2.50. The standard InChI is InChI=1S/C14H25NO11/c1-4(17)15-6-8(19)9(20)10(26-13(6)23)12(22)14(24)3-25-5(2-16)7(18)11(14)21/h5-13,16,18-24H,2-3H2,1H3,(H,15,17)/t5-,6+,7+,8-,9+,10+,11+,12?,13+,14-/m1/s1. The molecule has 1 unspecified atom stereocenters. The van der Waals surface area contributed by atoms with Crippen molar-refractivity contribution in [3.63, 3.8) is 0 Å². The van der Waals surface area contributed by atoms with Crippen LogP contribution in [-0.2, 0) is 14.3 Å². The molecule has 1 amide bonds. The number of hydrogen-bond acceptors (Lipinski definition) is 11. The van der Waals surface area contributed by atoms with Crippen molar-refractivity contribution in [3.05, 3.63) is 0 Å². The van der Waals surface area contributed by atoms with Gasteiger partial charge in [0.15, 0.2) is 6.29 Å². The van der Waals surface area contributed by atoms with Gasteiger partial charge in [0.1, 0.15) is 54.4 Å². The zero-order chi connectivity index (χ0) is 19.8. The summed E-state index contributed by atoms with van der Waals surface area (Å²) in [7, 11) is 0. The molecule has 12 nitrogen and oxygen atoms in total. The first kappa shape index (κ1) is 21.4. The van der Waals surface area contributed by atoms with Crippen LogP contribution < -0.4 is 5.32 Å². The second-order valence-electron chi connectivity index (χ2n) is 6.60. The van der Waals surface area contributed by atoms with E-state index in [-0.39, 0.29) is 0 Å². The van der Waals surface area contributed by atoms with Gasteiger partial charge in [0.25, 0.3) is 0 Å². The van der Waals surface area contributed by atoms with Crippen LogP contribution in [0.25, 0.3) is 0 Å². The third-order valence-electron chi connectivity index (χ3n) is 4.78. The van der Waals surface area contributed by atoms with E-state index in [1.165, 1.54) is 0 Å². The molecule has 2 aliphatic heterocycles. The molecule has 2 fully saturated rings. The van der Waals surface area contributed by atoms with Gasteiger partial charge in [-0.1, -0.05) is 0 Å². The molecule has 0 bridgehead atoms. The van der Waals surface area contributed by atoms with E-state index in [9.17, 15) is 40.5 Å². The van der Waals surface area contributed by atoms with Crippen LogP contribution in [0.15, 0.2) is 0 Å². The first-order valence-electron chi connectivity index (χ1n) is 8.00. The van der Waals surface area contributed by atoms with Gasteiger partial charge >= 0.3 is 0 Å². The van der Waals surface area contributed by atoms with Crippen LogP contribution in [0.2, 0.25) is 0 Å². The van der Waals surface area contributed by atoms with Crippen LogP contribution in [0.1, 0.15) is 6.92 Å². The maximum absolute atomic E-state index is 11.1. The number of rotatable bonds is 4. The molecule has 0 aromatic heterocycles. The topological polar surface area (TPSA) is 209 Å². The summed E-state index contributed by atoms with van der Waals surface area (Å²) in [6.45, 7) is -0.265. The van der Waals surface area contributed by atoms with Crippen molar-refractivity contribution in [1.29, 1.82) is 0 Å². The molecule has 0 saturated carbocycles. The largest absolute Gasteiger partial charge is 0.394 e. The highest BCUT2D eigenvalue weighted by Gasteiger charge is 2.58. The summed E-state index contributed by atoms with van der Waals surface area (Å²) in [5, 5.41) is 82.4. The highest BCUT2D eigenvalue weighted by atomic mass is 16.6. The summed E-state index contributed by atoms with van der Waals surface area (Å²) in [5.41, 5.74) is -2.53. The van der Waals surface area contributed by atoms with E-state index in [4.69, 9.17) is 14.6 Å². The Kier molecular flexibility index (Phi) is 6.56. The summed E-state index contributed by atoms with van der Waals surface area (Å²) in [4.78, 5) is 11.1. The summed E-state index contributed by atoms with van der Waals surface area (Å²) in [6.07, 6.45) is -14.3. The Bertz CT molecular complexity index is 507. The number of hydrogen-bond donors (Lipinski definition) is 9. The first-order chi connectivity index (χ1) is 12.0. The number of amides is 1. The van der Waals surface area contributed by atoms with Crippen molar-refractivity contribution in [3.8, 4) is 0 Å². The van der Waals surface area contributed by atoms with Crippen molar-refractivity contribution < 1.29 is 55.1 Å². The monoisotopic (exact) mass is 383 g/mol. The van der Waals surface area contributed by atoms with Gasteiger partial charge in [-0.05, 0) is 0 Å². The van der Waals surface area contributed by atoms with Gasteiger partial charge in [-0.2, -0.15) is 0 Å². The smallest absolute Gasteiger partial charge is 0.217 e. The molecule has 2 saturated heterocycles. The maximum Gasteiger partial charge on any atom is 0.217 e. The molecule has 9 N–H and O–H groups in total. The normalized spacial score (nSPS) is 48.0. The van der Waals surface area contributed by atoms with Crippen LogP contribution >= 0.6 is 0 Å². The predicted octanol–water partition coefficient (Wildman–Crippen LogP) is -5.86. The second-order valence-corrected chi connectivity index (χ2v) is 6.60. The van der Waals surface area contributed by atoms with Crippen LogP contribution in [-0.4, -0.2) is 121 Å². The molecule has 0 aliphatic carbocycles. The van der Waals surface area contributed by atoms with Gasteiger partial charge in [-0.25, -0.2) is 0 Å². The van der Waals surface area contributed by atoms with Crippen LogP contribution in [0.3, 0.4) is 0 Å². The number of aliphatic hydroxyl groups excluding tert-OH is 7. The SMILES string of the molecule is CC(=O)N[C@H]1[C@@H](O)[C@H](O)[C@@H](C(O)[C@@]2(O)CO[C@H](CO)[C@H](O)[C@@H]2O)O[C@@H]1O. The molecule has 2 heterocycles. The Morgan fingerprint density at radius 1 is 1.19 bits per heavy atom. The number of ether oxygens (including phenoxy) is 2. The highest BCUT2D eigenvalue weighted by Crippen LogP contribution is 2.33. The Morgan fingerprint density at radius 2 is 1.81 bits per heavy atom. The average molecular weight is 383 g/mol. The van der Waals surface area contributed by atoms with Crippen molar-refractivity contribution in [1.82, 2.24) is 5.32 Å². The number of aliphatic hydroxyl groups is 8. The quantitative estimate of drug-likeness (QED) is 0.223. The molecule has 10 atom stereocenters.